The number of hydrogen-bond acceptors (Lipinski definition) is 2. The Morgan fingerprint density at radius 2 is 1.75 bits per heavy atom. The van der Waals surface area contributed by atoms with E-state index in [2.05, 4.69) is 38.0 Å². The van der Waals surface area contributed by atoms with Gasteiger partial charge in [0.15, 0.2) is 0 Å². The van der Waals surface area contributed by atoms with Gasteiger partial charge in [-0.2, -0.15) is 0 Å². The molecule has 0 heterocycles. The van der Waals surface area contributed by atoms with Crippen LogP contribution in [0.3, 0.4) is 0 Å². The van der Waals surface area contributed by atoms with E-state index in [-0.39, 0.29) is 0 Å². The van der Waals surface area contributed by atoms with E-state index in [1.165, 1.54) is 58.0 Å². The molecule has 0 saturated heterocycles. The van der Waals surface area contributed by atoms with Crippen LogP contribution in [0.5, 0.6) is 0 Å². The van der Waals surface area contributed by atoms with Crippen molar-refractivity contribution in [1.82, 2.24) is 10.2 Å². The van der Waals surface area contributed by atoms with Crippen molar-refractivity contribution in [1.29, 1.82) is 0 Å². The van der Waals surface area contributed by atoms with E-state index in [1.54, 1.807) is 0 Å². The highest BCUT2D eigenvalue weighted by atomic mass is 15.1. The van der Waals surface area contributed by atoms with Crippen LogP contribution in [-0.4, -0.2) is 37.6 Å². The maximum atomic E-state index is 3.77. The van der Waals surface area contributed by atoms with Gasteiger partial charge in [-0.05, 0) is 56.5 Å². The lowest BCUT2D eigenvalue weighted by molar-refractivity contribution is 0.177. The lowest BCUT2D eigenvalue weighted by Gasteiger charge is -2.34. The molecule has 0 amide bonds. The molecule has 2 saturated carbocycles. The molecular weight excluding hydrogens is 244 g/mol. The Labute approximate surface area is 126 Å². The maximum absolute atomic E-state index is 3.77. The molecule has 0 radical (unpaired) electrons. The van der Waals surface area contributed by atoms with Crippen LogP contribution in [0.4, 0.5) is 0 Å². The van der Waals surface area contributed by atoms with Gasteiger partial charge in [0, 0.05) is 19.1 Å². The minimum absolute atomic E-state index is 0.479. The first kappa shape index (κ1) is 16.3. The van der Waals surface area contributed by atoms with Crippen LogP contribution in [-0.2, 0) is 0 Å². The van der Waals surface area contributed by atoms with Crippen molar-refractivity contribution >= 4 is 0 Å². The van der Waals surface area contributed by atoms with E-state index in [1.807, 2.05) is 0 Å². The van der Waals surface area contributed by atoms with Gasteiger partial charge in [-0.1, -0.05) is 40.0 Å². The van der Waals surface area contributed by atoms with Crippen LogP contribution in [0.1, 0.15) is 65.7 Å². The van der Waals surface area contributed by atoms with Gasteiger partial charge in [-0.15, -0.1) is 0 Å². The second kappa shape index (κ2) is 7.26. The van der Waals surface area contributed by atoms with E-state index in [0.29, 0.717) is 11.5 Å². The third kappa shape index (κ3) is 4.21. The van der Waals surface area contributed by atoms with E-state index in [4.69, 9.17) is 0 Å². The van der Waals surface area contributed by atoms with Gasteiger partial charge in [0.25, 0.3) is 0 Å². The van der Waals surface area contributed by atoms with Gasteiger partial charge in [0.05, 0.1) is 0 Å². The fourth-order valence-electron chi connectivity index (χ4n) is 4.66. The van der Waals surface area contributed by atoms with Crippen molar-refractivity contribution in [2.24, 2.45) is 17.3 Å². The fraction of sp³-hybridized carbons (Fsp3) is 1.00. The van der Waals surface area contributed by atoms with Gasteiger partial charge < -0.3 is 10.2 Å². The van der Waals surface area contributed by atoms with E-state index >= 15 is 0 Å². The van der Waals surface area contributed by atoms with Gasteiger partial charge in [-0.3, -0.25) is 0 Å². The number of rotatable bonds is 6. The van der Waals surface area contributed by atoms with Crippen molar-refractivity contribution in [2.75, 3.05) is 26.7 Å². The van der Waals surface area contributed by atoms with Crippen molar-refractivity contribution in [3.63, 3.8) is 0 Å². The van der Waals surface area contributed by atoms with Crippen LogP contribution < -0.4 is 5.32 Å². The van der Waals surface area contributed by atoms with Crippen molar-refractivity contribution < 1.29 is 0 Å². The van der Waals surface area contributed by atoms with Crippen LogP contribution in [0.15, 0.2) is 0 Å². The molecule has 2 nitrogen and oxygen atoms in total. The zero-order valence-corrected chi connectivity index (χ0v) is 14.3. The summed E-state index contributed by atoms with van der Waals surface area (Å²) in [5.41, 5.74) is 0.479. The van der Waals surface area contributed by atoms with Crippen LogP contribution in [0, 0.1) is 17.3 Å². The van der Waals surface area contributed by atoms with E-state index in [0.717, 1.165) is 18.4 Å². The molecule has 2 rings (SSSR count). The molecule has 0 bridgehead atoms. The standard InChI is InChI=1S/C18H36N2/c1-5-19-17-16(11-12-18(17,2)3)14-20(4)13-15-9-7-6-8-10-15/h15-17,19H,5-14H2,1-4H3. The summed E-state index contributed by atoms with van der Waals surface area (Å²) in [7, 11) is 2.35. The summed E-state index contributed by atoms with van der Waals surface area (Å²) in [4.78, 5) is 2.63. The molecule has 2 unspecified atom stereocenters. The van der Waals surface area contributed by atoms with Gasteiger partial charge >= 0.3 is 0 Å². The highest BCUT2D eigenvalue weighted by Crippen LogP contribution is 2.41. The minimum atomic E-state index is 0.479. The molecule has 20 heavy (non-hydrogen) atoms. The molecule has 2 atom stereocenters. The van der Waals surface area contributed by atoms with Crippen LogP contribution in [0.2, 0.25) is 0 Å². The van der Waals surface area contributed by atoms with Gasteiger partial charge in [-0.25, -0.2) is 0 Å². The summed E-state index contributed by atoms with van der Waals surface area (Å²) in [6.45, 7) is 10.9. The lowest BCUT2D eigenvalue weighted by atomic mass is 9.84. The third-order valence-corrected chi connectivity index (χ3v) is 5.74. The first-order valence-electron chi connectivity index (χ1n) is 8.95. The predicted molar refractivity (Wildman–Crippen MR) is 88.0 cm³/mol. The van der Waals surface area contributed by atoms with E-state index < -0.39 is 0 Å². The number of nitrogens with zero attached hydrogens (tertiary/aromatic N) is 1. The molecule has 2 heteroatoms. The summed E-state index contributed by atoms with van der Waals surface area (Å²) >= 11 is 0. The van der Waals surface area contributed by atoms with Crippen molar-refractivity contribution in [3.05, 3.63) is 0 Å². The first-order chi connectivity index (χ1) is 9.53. The summed E-state index contributed by atoms with van der Waals surface area (Å²) < 4.78 is 0. The summed E-state index contributed by atoms with van der Waals surface area (Å²) in [5, 5.41) is 3.77. The maximum Gasteiger partial charge on any atom is 0.0159 e. The fourth-order valence-corrected chi connectivity index (χ4v) is 4.66. The summed E-state index contributed by atoms with van der Waals surface area (Å²) in [5.74, 6) is 1.82. The third-order valence-electron chi connectivity index (χ3n) is 5.74. The molecule has 2 aliphatic carbocycles. The highest BCUT2D eigenvalue weighted by Gasteiger charge is 2.41. The molecule has 0 aromatic heterocycles. The molecule has 2 aliphatic rings. The zero-order valence-electron chi connectivity index (χ0n) is 14.3. The Balaban J connectivity index is 1.81. The quantitative estimate of drug-likeness (QED) is 0.793. The number of hydrogen-bond donors (Lipinski definition) is 1. The average molecular weight is 280 g/mol. The first-order valence-corrected chi connectivity index (χ1v) is 8.95. The normalized spacial score (nSPS) is 31.1. The topological polar surface area (TPSA) is 15.3 Å². The molecule has 118 valence electrons. The SMILES string of the molecule is CCNC1C(CN(C)CC2CCCCC2)CCC1(C)C. The molecule has 0 spiro atoms. The average Bonchev–Trinajstić information content (AvgIpc) is 2.68. The summed E-state index contributed by atoms with van der Waals surface area (Å²) in [6, 6.07) is 0.710. The molecule has 0 aromatic carbocycles. The molecule has 0 aromatic rings. The van der Waals surface area contributed by atoms with Crippen LogP contribution >= 0.6 is 0 Å². The Morgan fingerprint density at radius 1 is 1.05 bits per heavy atom. The van der Waals surface area contributed by atoms with Gasteiger partial charge in [0.2, 0.25) is 0 Å². The molecule has 0 aliphatic heterocycles. The van der Waals surface area contributed by atoms with Crippen LogP contribution in [0.25, 0.3) is 0 Å². The zero-order chi connectivity index (χ0) is 14.6. The highest BCUT2D eigenvalue weighted by molar-refractivity contribution is 4.96. The minimum Gasteiger partial charge on any atom is -0.313 e. The monoisotopic (exact) mass is 280 g/mol. The molecule has 1 N–H and O–H groups in total. The Morgan fingerprint density at radius 3 is 2.40 bits per heavy atom. The smallest absolute Gasteiger partial charge is 0.0159 e. The molecular formula is C18H36N2. The molecule has 2 fully saturated rings. The predicted octanol–water partition coefficient (Wildman–Crippen LogP) is 3.91. The van der Waals surface area contributed by atoms with Gasteiger partial charge in [0.1, 0.15) is 0 Å². The number of nitrogens with one attached hydrogen (secondary N) is 1. The van der Waals surface area contributed by atoms with Crippen molar-refractivity contribution in [2.45, 2.75) is 71.8 Å². The Bertz CT molecular complexity index is 281. The van der Waals surface area contributed by atoms with E-state index in [9.17, 15) is 0 Å². The Kier molecular flexibility index (Phi) is 5.92. The lowest BCUT2D eigenvalue weighted by Crippen LogP contribution is -2.45. The largest absolute Gasteiger partial charge is 0.313 e. The summed E-state index contributed by atoms with van der Waals surface area (Å²) in [6.07, 6.45) is 10.1. The second-order valence-corrected chi connectivity index (χ2v) is 8.05. The Hall–Kier alpha value is -0.0800. The van der Waals surface area contributed by atoms with Crippen molar-refractivity contribution in [3.8, 4) is 0 Å². The second-order valence-electron chi connectivity index (χ2n) is 8.05.